The van der Waals surface area contributed by atoms with Crippen LogP contribution in [0.2, 0.25) is 0 Å². The predicted molar refractivity (Wildman–Crippen MR) is 42.8 cm³/mol. The summed E-state index contributed by atoms with van der Waals surface area (Å²) in [6, 6.07) is 4.14. The number of carbonyl (C=O) groups is 1. The lowest BCUT2D eigenvalue weighted by Gasteiger charge is -2.00. The molecule has 0 bridgehead atoms. The summed E-state index contributed by atoms with van der Waals surface area (Å²) in [5.41, 5.74) is 0. The molecule has 0 saturated carbocycles. The van der Waals surface area contributed by atoms with Crippen molar-refractivity contribution in [1.29, 1.82) is 0 Å². The van der Waals surface area contributed by atoms with E-state index in [2.05, 4.69) is 0 Å². The maximum Gasteiger partial charge on any atom is 0.263 e. The molecule has 0 heterocycles. The predicted octanol–water partition coefficient (Wildman–Crippen LogP) is 0.260. The molecule has 6 heteroatoms. The highest BCUT2D eigenvalue weighted by Crippen LogP contribution is 2.08. The molecule has 0 fully saturated rings. The normalized spacial score (nSPS) is 10.8. The number of carbonyl (C=O) groups excluding carboxylic acids is 1. The quantitative estimate of drug-likeness (QED) is 0.717. The first-order valence-electron chi connectivity index (χ1n) is 3.28. The van der Waals surface area contributed by atoms with Gasteiger partial charge in [-0.25, -0.2) is 12.8 Å². The number of rotatable bonds is 3. The summed E-state index contributed by atoms with van der Waals surface area (Å²) in [5, 5.41) is 0. The molecule has 1 aromatic carbocycles. The summed E-state index contributed by atoms with van der Waals surface area (Å²) < 4.78 is 36.2. The van der Waals surface area contributed by atoms with E-state index in [4.69, 9.17) is 0 Å². The van der Waals surface area contributed by atoms with Gasteiger partial charge in [0.15, 0.2) is 0 Å². The summed E-state index contributed by atoms with van der Waals surface area (Å²) >= 11 is 0. The van der Waals surface area contributed by atoms with Crippen LogP contribution in [0.3, 0.4) is 0 Å². The van der Waals surface area contributed by atoms with Gasteiger partial charge in [-0.3, -0.25) is 9.52 Å². The SMILES string of the molecule is O=CNS(=O)(=O)c1ccc(F)cc1. The van der Waals surface area contributed by atoms with Crippen molar-refractivity contribution in [2.24, 2.45) is 0 Å². The van der Waals surface area contributed by atoms with E-state index < -0.39 is 15.8 Å². The van der Waals surface area contributed by atoms with Gasteiger partial charge in [-0.05, 0) is 24.3 Å². The molecule has 70 valence electrons. The molecule has 1 rings (SSSR count). The van der Waals surface area contributed by atoms with Crippen LogP contribution >= 0.6 is 0 Å². The molecule has 0 spiro atoms. The first-order chi connectivity index (χ1) is 6.06. The van der Waals surface area contributed by atoms with E-state index in [9.17, 15) is 17.6 Å². The van der Waals surface area contributed by atoms with Crippen LogP contribution in [0.15, 0.2) is 29.2 Å². The van der Waals surface area contributed by atoms with Crippen LogP contribution in [0.4, 0.5) is 4.39 Å². The average molecular weight is 203 g/mol. The van der Waals surface area contributed by atoms with Crippen LogP contribution in [0.5, 0.6) is 0 Å². The lowest BCUT2D eigenvalue weighted by atomic mass is 10.4. The third-order valence-electron chi connectivity index (χ3n) is 1.33. The van der Waals surface area contributed by atoms with Gasteiger partial charge in [0.2, 0.25) is 6.41 Å². The molecule has 0 atom stereocenters. The minimum Gasteiger partial charge on any atom is -0.278 e. The third-order valence-corrected chi connectivity index (χ3v) is 2.63. The number of hydrogen-bond donors (Lipinski definition) is 1. The molecule has 0 saturated heterocycles. The number of amides is 1. The second-order valence-corrected chi connectivity index (χ2v) is 3.91. The molecular formula is C7H6FNO3S. The second kappa shape index (κ2) is 3.53. The van der Waals surface area contributed by atoms with Gasteiger partial charge in [-0.15, -0.1) is 0 Å². The molecular weight excluding hydrogens is 197 g/mol. The van der Waals surface area contributed by atoms with E-state index in [1.165, 1.54) is 0 Å². The Morgan fingerprint density at radius 2 is 1.77 bits per heavy atom. The van der Waals surface area contributed by atoms with Gasteiger partial charge in [0, 0.05) is 0 Å². The molecule has 0 radical (unpaired) electrons. The van der Waals surface area contributed by atoms with Crippen molar-refractivity contribution in [2.45, 2.75) is 4.90 Å². The Morgan fingerprint density at radius 3 is 2.23 bits per heavy atom. The van der Waals surface area contributed by atoms with Crippen molar-refractivity contribution in [3.63, 3.8) is 0 Å². The van der Waals surface area contributed by atoms with Crippen molar-refractivity contribution < 1.29 is 17.6 Å². The van der Waals surface area contributed by atoms with E-state index in [0.29, 0.717) is 0 Å². The van der Waals surface area contributed by atoms with Crippen LogP contribution in [0, 0.1) is 5.82 Å². The van der Waals surface area contributed by atoms with Crippen molar-refractivity contribution in [3.05, 3.63) is 30.1 Å². The summed E-state index contributed by atoms with van der Waals surface area (Å²) in [6.45, 7) is 0. The Balaban J connectivity index is 3.08. The summed E-state index contributed by atoms with van der Waals surface area (Å²) in [6.07, 6.45) is 0.0543. The average Bonchev–Trinajstić information content (AvgIpc) is 2.05. The van der Waals surface area contributed by atoms with Crippen LogP contribution in [-0.4, -0.2) is 14.8 Å². The first kappa shape index (κ1) is 9.66. The molecule has 1 amide bonds. The number of hydrogen-bond acceptors (Lipinski definition) is 3. The maximum absolute atomic E-state index is 12.4. The molecule has 0 aliphatic heterocycles. The molecule has 0 unspecified atom stereocenters. The van der Waals surface area contributed by atoms with Gasteiger partial charge in [0.25, 0.3) is 10.0 Å². The van der Waals surface area contributed by atoms with E-state index >= 15 is 0 Å². The molecule has 0 aliphatic carbocycles. The molecule has 4 nitrogen and oxygen atoms in total. The Labute approximate surface area is 74.4 Å². The van der Waals surface area contributed by atoms with Crippen molar-refractivity contribution in [1.82, 2.24) is 4.72 Å². The summed E-state index contributed by atoms with van der Waals surface area (Å²) in [7, 11) is -3.81. The van der Waals surface area contributed by atoms with Gasteiger partial charge in [0.05, 0.1) is 4.90 Å². The molecule has 13 heavy (non-hydrogen) atoms. The fourth-order valence-electron chi connectivity index (χ4n) is 0.745. The van der Waals surface area contributed by atoms with Gasteiger partial charge in [0.1, 0.15) is 5.82 Å². The van der Waals surface area contributed by atoms with Crippen LogP contribution in [0.25, 0.3) is 0 Å². The van der Waals surface area contributed by atoms with E-state index in [1.54, 1.807) is 4.72 Å². The van der Waals surface area contributed by atoms with E-state index in [1.807, 2.05) is 0 Å². The van der Waals surface area contributed by atoms with Crippen LogP contribution in [-0.2, 0) is 14.8 Å². The van der Waals surface area contributed by atoms with Crippen LogP contribution in [0.1, 0.15) is 0 Å². The highest BCUT2D eigenvalue weighted by Gasteiger charge is 2.11. The smallest absolute Gasteiger partial charge is 0.263 e. The summed E-state index contributed by atoms with van der Waals surface area (Å²) in [5.74, 6) is -0.537. The Kier molecular flexibility index (Phi) is 2.62. The van der Waals surface area contributed by atoms with E-state index in [-0.39, 0.29) is 11.3 Å². The summed E-state index contributed by atoms with van der Waals surface area (Å²) in [4.78, 5) is 9.74. The number of halogens is 1. The lowest BCUT2D eigenvalue weighted by molar-refractivity contribution is -0.108. The molecule has 0 aromatic heterocycles. The van der Waals surface area contributed by atoms with Gasteiger partial charge >= 0.3 is 0 Å². The zero-order valence-electron chi connectivity index (χ0n) is 6.40. The Bertz CT molecular complexity index is 398. The molecule has 1 N–H and O–H groups in total. The monoisotopic (exact) mass is 203 g/mol. The number of benzene rings is 1. The standard InChI is InChI=1S/C7H6FNO3S/c8-6-1-3-7(4-2-6)13(11,12)9-5-10/h1-5H,(H,9,10). The lowest BCUT2D eigenvalue weighted by Crippen LogP contribution is -2.21. The zero-order chi connectivity index (χ0) is 9.90. The van der Waals surface area contributed by atoms with Gasteiger partial charge < -0.3 is 0 Å². The molecule has 0 aliphatic rings. The van der Waals surface area contributed by atoms with Gasteiger partial charge in [-0.2, -0.15) is 0 Å². The van der Waals surface area contributed by atoms with Gasteiger partial charge in [-0.1, -0.05) is 0 Å². The first-order valence-corrected chi connectivity index (χ1v) is 4.76. The van der Waals surface area contributed by atoms with E-state index in [0.717, 1.165) is 24.3 Å². The minimum atomic E-state index is -3.81. The maximum atomic E-state index is 12.4. The number of nitrogens with one attached hydrogen (secondary N) is 1. The Morgan fingerprint density at radius 1 is 1.23 bits per heavy atom. The van der Waals surface area contributed by atoms with Crippen molar-refractivity contribution >= 4 is 16.4 Å². The number of sulfonamides is 1. The highest BCUT2D eigenvalue weighted by molar-refractivity contribution is 7.90. The third kappa shape index (κ3) is 2.25. The zero-order valence-corrected chi connectivity index (χ0v) is 7.21. The van der Waals surface area contributed by atoms with Crippen molar-refractivity contribution in [3.8, 4) is 0 Å². The largest absolute Gasteiger partial charge is 0.278 e. The fraction of sp³-hybridized carbons (Fsp3) is 0. The minimum absolute atomic E-state index is 0.0543. The van der Waals surface area contributed by atoms with Crippen LogP contribution < -0.4 is 4.72 Å². The Hall–Kier alpha value is -1.43. The molecule has 1 aromatic rings. The van der Waals surface area contributed by atoms with Crippen molar-refractivity contribution in [2.75, 3.05) is 0 Å². The highest BCUT2D eigenvalue weighted by atomic mass is 32.2. The second-order valence-electron chi connectivity index (χ2n) is 2.19. The topological polar surface area (TPSA) is 63.2 Å². The fourth-order valence-corrected chi connectivity index (χ4v) is 1.50.